The smallest absolute Gasteiger partial charge is 0.264 e. The molecule has 0 aromatic heterocycles. The van der Waals surface area contributed by atoms with Gasteiger partial charge < -0.3 is 4.90 Å². The van der Waals surface area contributed by atoms with E-state index in [4.69, 9.17) is 22.3 Å². The maximum Gasteiger partial charge on any atom is 0.264 e. The molecule has 0 N–H and O–H groups in total. The summed E-state index contributed by atoms with van der Waals surface area (Å²) in [5.41, 5.74) is -0.365. The molecule has 1 saturated heterocycles. The summed E-state index contributed by atoms with van der Waals surface area (Å²) in [5, 5.41) is -0.0522. The fourth-order valence-electron chi connectivity index (χ4n) is 2.45. The maximum atomic E-state index is 14.3. The van der Waals surface area contributed by atoms with Gasteiger partial charge in [0.15, 0.2) is 5.82 Å². The minimum atomic E-state index is -4.31. The van der Waals surface area contributed by atoms with Gasteiger partial charge >= 0.3 is 0 Å². The summed E-state index contributed by atoms with van der Waals surface area (Å²) in [5.74, 6) is -1.72. The highest BCUT2D eigenvalue weighted by Crippen LogP contribution is 2.28. The van der Waals surface area contributed by atoms with E-state index < -0.39 is 25.7 Å². The number of halogens is 3. The summed E-state index contributed by atoms with van der Waals surface area (Å²) >= 11 is 5.79. The van der Waals surface area contributed by atoms with E-state index in [9.17, 15) is 17.6 Å². The van der Waals surface area contributed by atoms with E-state index in [-0.39, 0.29) is 16.6 Å². The van der Waals surface area contributed by atoms with Gasteiger partial charge in [-0.05, 0) is 38.3 Å². The number of hydrogen-bond donors (Lipinski definition) is 0. The summed E-state index contributed by atoms with van der Waals surface area (Å²) in [6.45, 7) is 2.38. The van der Waals surface area contributed by atoms with Crippen molar-refractivity contribution >= 4 is 37.2 Å². The number of piperidine rings is 1. The van der Waals surface area contributed by atoms with Crippen LogP contribution in [0.1, 0.15) is 36.5 Å². The molecule has 1 heterocycles. The lowest BCUT2D eigenvalue weighted by molar-refractivity contribution is 0.0630. The van der Waals surface area contributed by atoms with Crippen LogP contribution in [0.5, 0.6) is 0 Å². The van der Waals surface area contributed by atoms with E-state index in [0.717, 1.165) is 31.4 Å². The number of amides is 1. The Kier molecular flexibility index (Phi) is 4.80. The van der Waals surface area contributed by atoms with Gasteiger partial charge in [-0.25, -0.2) is 12.8 Å². The molecule has 0 spiro atoms. The zero-order valence-corrected chi connectivity index (χ0v) is 13.6. The van der Waals surface area contributed by atoms with E-state index in [1.54, 1.807) is 0 Å². The third kappa shape index (κ3) is 3.49. The number of carbonyl (C=O) groups is 1. The van der Waals surface area contributed by atoms with Crippen molar-refractivity contribution in [1.82, 2.24) is 4.90 Å². The average Bonchev–Trinajstić information content (AvgIpc) is 2.39. The molecular formula is C13H14Cl2FNO3S. The van der Waals surface area contributed by atoms with Gasteiger partial charge in [0.2, 0.25) is 0 Å². The van der Waals surface area contributed by atoms with Crippen LogP contribution in [0.25, 0.3) is 0 Å². The van der Waals surface area contributed by atoms with Crippen LogP contribution >= 0.6 is 22.3 Å². The van der Waals surface area contributed by atoms with Gasteiger partial charge in [0, 0.05) is 28.3 Å². The Morgan fingerprint density at radius 1 is 1.38 bits per heavy atom. The first-order valence-electron chi connectivity index (χ1n) is 6.46. The largest absolute Gasteiger partial charge is 0.336 e. The lowest BCUT2D eigenvalue weighted by atomic mass is 10.0. The minimum absolute atomic E-state index is 0.0271. The standard InChI is InChI=1S/C13H14Cl2FNO3S/c1-8-4-2-3-5-17(8)13(18)10-6-9(14)7-11(12(10)16)21(15,19)20/h6-8H,2-5H2,1H3. The molecule has 0 bridgehead atoms. The molecule has 4 nitrogen and oxygen atoms in total. The van der Waals surface area contributed by atoms with E-state index >= 15 is 0 Å². The van der Waals surface area contributed by atoms with Crippen molar-refractivity contribution in [1.29, 1.82) is 0 Å². The second-order valence-corrected chi connectivity index (χ2v) is 8.02. The molecule has 21 heavy (non-hydrogen) atoms. The lowest BCUT2D eigenvalue weighted by Gasteiger charge is -2.33. The summed E-state index contributed by atoms with van der Waals surface area (Å²) in [4.78, 5) is 13.2. The Labute approximate surface area is 132 Å². The molecule has 1 aromatic carbocycles. The van der Waals surface area contributed by atoms with Gasteiger partial charge in [0.25, 0.3) is 15.0 Å². The van der Waals surface area contributed by atoms with Gasteiger partial charge in [-0.15, -0.1) is 0 Å². The predicted octanol–water partition coefficient (Wildman–Crippen LogP) is 3.42. The topological polar surface area (TPSA) is 54.5 Å². The number of hydrogen-bond acceptors (Lipinski definition) is 3. The molecule has 0 saturated carbocycles. The SMILES string of the molecule is CC1CCCCN1C(=O)c1cc(Cl)cc(S(=O)(=O)Cl)c1F. The third-order valence-electron chi connectivity index (χ3n) is 3.56. The van der Waals surface area contributed by atoms with Crippen molar-refractivity contribution in [3.8, 4) is 0 Å². The quantitative estimate of drug-likeness (QED) is 0.765. The summed E-state index contributed by atoms with van der Waals surface area (Å²) in [6, 6.07) is 2.00. The highest BCUT2D eigenvalue weighted by molar-refractivity contribution is 8.13. The van der Waals surface area contributed by atoms with Crippen molar-refractivity contribution < 1.29 is 17.6 Å². The molecule has 0 radical (unpaired) electrons. The number of benzene rings is 1. The van der Waals surface area contributed by atoms with E-state index in [2.05, 4.69) is 0 Å². The molecule has 2 rings (SSSR count). The molecule has 1 aliphatic rings. The van der Waals surface area contributed by atoms with Crippen LogP contribution < -0.4 is 0 Å². The zero-order chi connectivity index (χ0) is 15.8. The van der Waals surface area contributed by atoms with Crippen LogP contribution in [0.2, 0.25) is 5.02 Å². The second-order valence-electron chi connectivity index (χ2n) is 5.05. The first kappa shape index (κ1) is 16.5. The number of rotatable bonds is 2. The van der Waals surface area contributed by atoms with Crippen molar-refractivity contribution in [2.75, 3.05) is 6.54 Å². The Balaban J connectivity index is 2.49. The third-order valence-corrected chi connectivity index (χ3v) is 5.10. The second kappa shape index (κ2) is 6.10. The van der Waals surface area contributed by atoms with Crippen molar-refractivity contribution in [3.63, 3.8) is 0 Å². The van der Waals surface area contributed by atoms with Crippen LogP contribution in [-0.2, 0) is 9.05 Å². The van der Waals surface area contributed by atoms with E-state index in [1.165, 1.54) is 4.90 Å². The predicted molar refractivity (Wildman–Crippen MR) is 78.8 cm³/mol. The molecular weight excluding hydrogens is 340 g/mol. The molecule has 1 unspecified atom stereocenters. The molecule has 1 amide bonds. The van der Waals surface area contributed by atoms with Crippen LogP contribution in [0, 0.1) is 5.82 Å². The van der Waals surface area contributed by atoms with E-state index in [0.29, 0.717) is 6.54 Å². The summed E-state index contributed by atoms with van der Waals surface area (Å²) in [7, 11) is 0.861. The van der Waals surface area contributed by atoms with Gasteiger partial charge in [-0.1, -0.05) is 11.6 Å². The highest BCUT2D eigenvalue weighted by Gasteiger charge is 2.29. The first-order valence-corrected chi connectivity index (χ1v) is 9.15. The van der Waals surface area contributed by atoms with Crippen LogP contribution in [0.3, 0.4) is 0 Å². The first-order chi connectivity index (χ1) is 9.71. The van der Waals surface area contributed by atoms with Crippen LogP contribution in [0.4, 0.5) is 4.39 Å². The van der Waals surface area contributed by atoms with Crippen LogP contribution in [-0.4, -0.2) is 31.8 Å². The molecule has 1 atom stereocenters. The zero-order valence-electron chi connectivity index (χ0n) is 11.3. The molecule has 1 fully saturated rings. The molecule has 8 heteroatoms. The fraction of sp³-hybridized carbons (Fsp3) is 0.462. The number of carbonyl (C=O) groups excluding carboxylic acids is 1. The molecule has 0 aliphatic carbocycles. The van der Waals surface area contributed by atoms with Crippen molar-refractivity contribution in [3.05, 3.63) is 28.5 Å². The minimum Gasteiger partial charge on any atom is -0.336 e. The summed E-state index contributed by atoms with van der Waals surface area (Å²) in [6.07, 6.45) is 2.66. The normalized spacial score (nSPS) is 19.6. The lowest BCUT2D eigenvalue weighted by Crippen LogP contribution is -2.42. The monoisotopic (exact) mass is 353 g/mol. The maximum absolute atomic E-state index is 14.3. The number of nitrogens with zero attached hydrogens (tertiary/aromatic N) is 1. The average molecular weight is 354 g/mol. The Morgan fingerprint density at radius 2 is 2.05 bits per heavy atom. The van der Waals surface area contributed by atoms with Gasteiger partial charge in [0.05, 0.1) is 5.56 Å². The Bertz CT molecular complexity index is 678. The van der Waals surface area contributed by atoms with Gasteiger partial charge in [-0.2, -0.15) is 0 Å². The van der Waals surface area contributed by atoms with E-state index in [1.807, 2.05) is 6.92 Å². The molecule has 1 aromatic rings. The molecule has 116 valence electrons. The molecule has 1 aliphatic heterocycles. The number of likely N-dealkylation sites (tertiary alicyclic amines) is 1. The summed E-state index contributed by atoms with van der Waals surface area (Å²) < 4.78 is 37.0. The Morgan fingerprint density at radius 3 is 2.62 bits per heavy atom. The van der Waals surface area contributed by atoms with Crippen molar-refractivity contribution in [2.45, 2.75) is 37.1 Å². The van der Waals surface area contributed by atoms with Crippen molar-refractivity contribution in [2.24, 2.45) is 0 Å². The fourth-order valence-corrected chi connectivity index (χ4v) is 3.66. The van der Waals surface area contributed by atoms with Gasteiger partial charge in [-0.3, -0.25) is 4.79 Å². The van der Waals surface area contributed by atoms with Crippen LogP contribution in [0.15, 0.2) is 17.0 Å². The van der Waals surface area contributed by atoms with Gasteiger partial charge in [0.1, 0.15) is 4.90 Å². The Hall–Kier alpha value is -0.850. The highest BCUT2D eigenvalue weighted by atomic mass is 35.7.